The quantitative estimate of drug-likeness (QED) is 0.747. The van der Waals surface area contributed by atoms with Gasteiger partial charge in [0.1, 0.15) is 19.1 Å². The molecule has 2 aliphatic rings. The number of hydrogen-bond donors (Lipinski definition) is 0. The van der Waals surface area contributed by atoms with Gasteiger partial charge in [-0.1, -0.05) is 45.0 Å². The largest absolute Gasteiger partial charge is 0.262 e. The predicted molar refractivity (Wildman–Crippen MR) is 84.4 cm³/mol. The van der Waals surface area contributed by atoms with Crippen LogP contribution >= 0.6 is 0 Å². The molecular weight excluding hydrogens is 244 g/mol. The summed E-state index contributed by atoms with van der Waals surface area (Å²) in [5, 5.41) is 0. The molecule has 0 aromatic heterocycles. The summed E-state index contributed by atoms with van der Waals surface area (Å²) in [6.07, 6.45) is 6.50. The number of fused-ring (bicyclic) bond motifs is 1. The third kappa shape index (κ3) is 2.89. The lowest BCUT2D eigenvalue weighted by molar-refractivity contribution is -0.533. The lowest BCUT2D eigenvalue weighted by atomic mass is 9.87. The Morgan fingerprint density at radius 1 is 1.15 bits per heavy atom. The monoisotopic (exact) mass is 271 g/mol. The highest BCUT2D eigenvalue weighted by molar-refractivity contribution is 5.51. The first kappa shape index (κ1) is 13.7. The minimum absolute atomic E-state index is 0.249. The third-order valence-corrected chi connectivity index (χ3v) is 4.64. The molecular formula is C18H27N2+. The zero-order chi connectivity index (χ0) is 14.2. The molecule has 2 nitrogen and oxygen atoms in total. The van der Waals surface area contributed by atoms with Gasteiger partial charge in [-0.15, -0.1) is 0 Å². The topological polar surface area (TPSA) is 6.25 Å². The number of benzene rings is 1. The molecule has 0 radical (unpaired) electrons. The maximum atomic E-state index is 2.55. The molecule has 0 N–H and O–H groups in total. The van der Waals surface area contributed by atoms with Crippen LogP contribution in [0, 0.1) is 0 Å². The first-order valence-corrected chi connectivity index (χ1v) is 7.96. The molecule has 1 aromatic carbocycles. The van der Waals surface area contributed by atoms with Crippen molar-refractivity contribution in [2.45, 2.75) is 58.0 Å². The molecule has 1 atom stereocenters. The number of hydrogen-bond acceptors (Lipinski definition) is 1. The molecule has 2 heteroatoms. The Hall–Kier alpha value is -1.31. The van der Waals surface area contributed by atoms with Crippen LogP contribution in [0.4, 0.5) is 0 Å². The van der Waals surface area contributed by atoms with Crippen LogP contribution < -0.4 is 0 Å². The zero-order valence-electron chi connectivity index (χ0n) is 13.1. The van der Waals surface area contributed by atoms with E-state index in [1.165, 1.54) is 43.5 Å². The standard InChI is InChI=1S/C18H27N2/c1-18(2,3)16-9-7-15(8-10-16)12-19-13-17-6-4-5-11-20(17)14-19/h7-10,14,17H,4-6,11-13H2,1-3H3/q+1. The van der Waals surface area contributed by atoms with Gasteiger partial charge in [0.05, 0.1) is 6.54 Å². The smallest absolute Gasteiger partial charge is 0.234 e. The summed E-state index contributed by atoms with van der Waals surface area (Å²) in [6, 6.07) is 9.95. The summed E-state index contributed by atoms with van der Waals surface area (Å²) in [4.78, 5) is 2.55. The van der Waals surface area contributed by atoms with Crippen molar-refractivity contribution in [3.05, 3.63) is 35.4 Å². The number of nitrogens with zero attached hydrogens (tertiary/aromatic N) is 2. The van der Waals surface area contributed by atoms with Crippen LogP contribution in [0.2, 0.25) is 0 Å². The molecule has 1 unspecified atom stereocenters. The summed E-state index contributed by atoms with van der Waals surface area (Å²) in [5.74, 6) is 0. The summed E-state index contributed by atoms with van der Waals surface area (Å²) >= 11 is 0. The molecule has 3 rings (SSSR count). The fourth-order valence-electron chi connectivity index (χ4n) is 3.35. The van der Waals surface area contributed by atoms with E-state index < -0.39 is 0 Å². The van der Waals surface area contributed by atoms with Crippen LogP contribution in [0.25, 0.3) is 0 Å². The third-order valence-electron chi connectivity index (χ3n) is 4.64. The van der Waals surface area contributed by atoms with E-state index in [1.807, 2.05) is 0 Å². The minimum Gasteiger partial charge on any atom is -0.262 e. The van der Waals surface area contributed by atoms with Crippen LogP contribution in [0.1, 0.15) is 51.2 Å². The number of piperidine rings is 1. The van der Waals surface area contributed by atoms with Crippen LogP contribution in [-0.4, -0.2) is 34.9 Å². The molecule has 20 heavy (non-hydrogen) atoms. The van der Waals surface area contributed by atoms with Crippen LogP contribution in [-0.2, 0) is 12.0 Å². The van der Waals surface area contributed by atoms with Crippen molar-refractivity contribution in [2.75, 3.05) is 13.1 Å². The van der Waals surface area contributed by atoms with Crippen LogP contribution in [0.5, 0.6) is 0 Å². The van der Waals surface area contributed by atoms with Crippen molar-refractivity contribution in [2.24, 2.45) is 0 Å². The highest BCUT2D eigenvalue weighted by Crippen LogP contribution is 2.23. The second-order valence-corrected chi connectivity index (χ2v) is 7.38. The SMILES string of the molecule is CC(C)(C)c1ccc(C[N+]2=CN3CCCCC3C2)cc1. The van der Waals surface area contributed by atoms with Crippen molar-refractivity contribution >= 4 is 6.34 Å². The Kier molecular flexibility index (Phi) is 3.57. The average molecular weight is 271 g/mol. The molecule has 2 aliphatic heterocycles. The van der Waals surface area contributed by atoms with E-state index in [-0.39, 0.29) is 5.41 Å². The lowest BCUT2D eigenvalue weighted by Gasteiger charge is -2.21. The van der Waals surface area contributed by atoms with Crippen LogP contribution in [0.3, 0.4) is 0 Å². The first-order chi connectivity index (χ1) is 9.52. The van der Waals surface area contributed by atoms with Gasteiger partial charge in [0.25, 0.3) is 0 Å². The van der Waals surface area contributed by atoms with Crippen molar-refractivity contribution in [1.82, 2.24) is 4.90 Å². The Balaban J connectivity index is 1.66. The van der Waals surface area contributed by atoms with Crippen molar-refractivity contribution < 1.29 is 4.58 Å². The molecule has 108 valence electrons. The second kappa shape index (κ2) is 5.23. The van der Waals surface area contributed by atoms with E-state index in [9.17, 15) is 0 Å². The molecule has 0 saturated carbocycles. The van der Waals surface area contributed by atoms with Crippen molar-refractivity contribution in [1.29, 1.82) is 0 Å². The van der Waals surface area contributed by atoms with Crippen LogP contribution in [0.15, 0.2) is 24.3 Å². The van der Waals surface area contributed by atoms with E-state index in [2.05, 4.69) is 60.9 Å². The maximum Gasteiger partial charge on any atom is 0.234 e. The fourth-order valence-corrected chi connectivity index (χ4v) is 3.35. The molecule has 1 fully saturated rings. The predicted octanol–water partition coefficient (Wildman–Crippen LogP) is 3.39. The van der Waals surface area contributed by atoms with E-state index in [0.717, 1.165) is 12.6 Å². The normalized spacial score (nSPS) is 22.6. The maximum absolute atomic E-state index is 2.55. The Bertz CT molecular complexity index is 493. The summed E-state index contributed by atoms with van der Waals surface area (Å²) < 4.78 is 2.49. The van der Waals surface area contributed by atoms with Gasteiger partial charge in [-0.25, -0.2) is 0 Å². The van der Waals surface area contributed by atoms with Gasteiger partial charge in [-0.3, -0.25) is 9.48 Å². The lowest BCUT2D eigenvalue weighted by Crippen LogP contribution is -2.35. The highest BCUT2D eigenvalue weighted by atomic mass is 15.3. The molecule has 0 aliphatic carbocycles. The first-order valence-electron chi connectivity index (χ1n) is 7.96. The minimum atomic E-state index is 0.249. The van der Waals surface area contributed by atoms with E-state index in [4.69, 9.17) is 0 Å². The van der Waals surface area contributed by atoms with Gasteiger partial charge < -0.3 is 0 Å². The Labute approximate surface area is 123 Å². The molecule has 0 amide bonds. The van der Waals surface area contributed by atoms with E-state index >= 15 is 0 Å². The van der Waals surface area contributed by atoms with Gasteiger partial charge >= 0.3 is 0 Å². The van der Waals surface area contributed by atoms with Gasteiger partial charge in [-0.05, 0) is 35.8 Å². The summed E-state index contributed by atoms with van der Waals surface area (Å²) in [5.41, 5.74) is 3.09. The zero-order valence-corrected chi connectivity index (χ0v) is 13.1. The summed E-state index contributed by atoms with van der Waals surface area (Å²) in [7, 11) is 0. The Morgan fingerprint density at radius 3 is 2.55 bits per heavy atom. The fraction of sp³-hybridized carbons (Fsp3) is 0.611. The molecule has 0 spiro atoms. The molecule has 2 heterocycles. The van der Waals surface area contributed by atoms with Gasteiger partial charge in [0, 0.05) is 0 Å². The second-order valence-electron chi connectivity index (χ2n) is 7.38. The van der Waals surface area contributed by atoms with Crippen molar-refractivity contribution in [3.63, 3.8) is 0 Å². The van der Waals surface area contributed by atoms with Gasteiger partial charge in [0.15, 0.2) is 0 Å². The average Bonchev–Trinajstić information content (AvgIpc) is 2.80. The number of rotatable bonds is 2. The summed E-state index contributed by atoms with van der Waals surface area (Å²) in [6.45, 7) is 10.3. The molecule has 1 saturated heterocycles. The molecule has 0 bridgehead atoms. The van der Waals surface area contributed by atoms with Gasteiger partial charge in [-0.2, -0.15) is 0 Å². The highest BCUT2D eigenvalue weighted by Gasteiger charge is 2.33. The molecule has 1 aromatic rings. The van der Waals surface area contributed by atoms with E-state index in [0.29, 0.717) is 0 Å². The Morgan fingerprint density at radius 2 is 1.90 bits per heavy atom. The van der Waals surface area contributed by atoms with Crippen molar-refractivity contribution in [3.8, 4) is 0 Å². The van der Waals surface area contributed by atoms with Gasteiger partial charge in [0.2, 0.25) is 6.34 Å². The van der Waals surface area contributed by atoms with E-state index in [1.54, 1.807) is 0 Å².